The van der Waals surface area contributed by atoms with Gasteiger partial charge in [-0.05, 0) is 75.1 Å². The first-order valence-corrected chi connectivity index (χ1v) is 14.7. The molecule has 1 aromatic heterocycles. The van der Waals surface area contributed by atoms with Crippen LogP contribution in [0.2, 0.25) is 0 Å². The Morgan fingerprint density at radius 2 is 1.44 bits per heavy atom. The van der Waals surface area contributed by atoms with Crippen LogP contribution in [0.5, 0.6) is 0 Å². The Labute approximate surface area is 257 Å². The molecule has 3 aliphatic rings. The van der Waals surface area contributed by atoms with Crippen LogP contribution in [0, 0.1) is 0 Å². The topological polar surface area (TPSA) is 16.1 Å². The van der Waals surface area contributed by atoms with Gasteiger partial charge >= 0.3 is 12.6 Å². The van der Waals surface area contributed by atoms with Gasteiger partial charge in [0.05, 0.1) is 11.1 Å². The van der Waals surface area contributed by atoms with Gasteiger partial charge in [0, 0.05) is 18.2 Å². The molecule has 0 aliphatic heterocycles. The van der Waals surface area contributed by atoms with Gasteiger partial charge in [-0.15, -0.1) is 4.90 Å². The summed E-state index contributed by atoms with van der Waals surface area (Å²) in [5.74, 6) is 0. The van der Waals surface area contributed by atoms with E-state index in [4.69, 9.17) is 4.98 Å². The first-order chi connectivity index (χ1) is 21.5. The van der Waals surface area contributed by atoms with E-state index in [-0.39, 0.29) is 0 Å². The highest BCUT2D eigenvalue weighted by Gasteiger charge is 2.57. The number of hydrogen-bond donors (Lipinski definition) is 0. The Kier molecular flexibility index (Phi) is 6.71. The molecule has 3 aliphatic carbocycles. The second-order valence-electron chi connectivity index (χ2n) is 11.8. The average molecular weight is 615 g/mol. The molecule has 0 spiro atoms. The van der Waals surface area contributed by atoms with Crippen LogP contribution in [0.15, 0.2) is 121 Å². The van der Waals surface area contributed by atoms with Gasteiger partial charge < -0.3 is 0 Å². The van der Waals surface area contributed by atoms with Gasteiger partial charge in [0.1, 0.15) is 0 Å². The van der Waals surface area contributed by atoms with Gasteiger partial charge in [-0.2, -0.15) is 26.3 Å². The summed E-state index contributed by atoms with van der Waals surface area (Å²) in [6, 6.07) is 27.5. The molecular weight excluding hydrogens is 586 g/mol. The highest BCUT2D eigenvalue weighted by Crippen LogP contribution is 2.63. The van der Waals surface area contributed by atoms with E-state index in [1.165, 1.54) is 0 Å². The largest absolute Gasteiger partial charge is 0.467 e. The van der Waals surface area contributed by atoms with E-state index in [0.717, 1.165) is 50.2 Å². The second kappa shape index (κ2) is 10.3. The first kappa shape index (κ1) is 29.3. The van der Waals surface area contributed by atoms with Crippen molar-refractivity contribution in [2.45, 2.75) is 43.2 Å². The fourth-order valence-corrected chi connectivity index (χ4v) is 7.67. The van der Waals surface area contributed by atoms with Crippen LogP contribution < -0.4 is 0 Å². The van der Waals surface area contributed by atoms with Crippen molar-refractivity contribution in [2.75, 3.05) is 6.54 Å². The Hall–Kier alpha value is -4.43. The van der Waals surface area contributed by atoms with E-state index in [2.05, 4.69) is 0 Å². The highest BCUT2D eigenvalue weighted by molar-refractivity contribution is 5.97. The lowest BCUT2D eigenvalue weighted by Crippen LogP contribution is -2.49. The predicted octanol–water partition coefficient (Wildman–Crippen LogP) is 9.72. The van der Waals surface area contributed by atoms with Crippen LogP contribution in [-0.4, -0.2) is 29.0 Å². The second-order valence-corrected chi connectivity index (χ2v) is 11.8. The summed E-state index contributed by atoms with van der Waals surface area (Å²) in [5.41, 5.74) is 6.21. The molecule has 0 radical (unpaired) electrons. The molecule has 0 saturated carbocycles. The Bertz CT molecular complexity index is 1820. The Morgan fingerprint density at radius 3 is 2.16 bits per heavy atom. The maximum absolute atomic E-state index is 13.8. The molecule has 8 heteroatoms. The molecule has 3 aromatic carbocycles. The molecular formula is C37H28F6N2. The zero-order valence-corrected chi connectivity index (χ0v) is 24.3. The van der Waals surface area contributed by atoms with E-state index in [0.29, 0.717) is 12.0 Å². The average Bonchev–Trinajstić information content (AvgIpc) is 3.27. The van der Waals surface area contributed by atoms with Crippen LogP contribution in [-0.2, 0) is 10.8 Å². The predicted molar refractivity (Wildman–Crippen MR) is 162 cm³/mol. The molecule has 2 nitrogen and oxygen atoms in total. The van der Waals surface area contributed by atoms with Crippen molar-refractivity contribution in [1.29, 1.82) is 0 Å². The monoisotopic (exact) mass is 614 g/mol. The number of allylic oxidation sites excluding steroid dienone is 6. The smallest absolute Gasteiger partial charge is 0.260 e. The summed E-state index contributed by atoms with van der Waals surface area (Å²) in [6.45, 7) is 0.538. The van der Waals surface area contributed by atoms with Crippen LogP contribution in [0.1, 0.15) is 53.3 Å². The number of rotatable bonds is 5. The van der Waals surface area contributed by atoms with E-state index < -0.39 is 41.3 Å². The molecule has 2 unspecified atom stereocenters. The zero-order valence-electron chi connectivity index (χ0n) is 24.3. The van der Waals surface area contributed by atoms with Crippen molar-refractivity contribution < 1.29 is 26.3 Å². The third kappa shape index (κ3) is 4.33. The van der Waals surface area contributed by atoms with Crippen molar-refractivity contribution in [3.8, 4) is 11.1 Å². The van der Waals surface area contributed by atoms with E-state index in [1.807, 2.05) is 109 Å². The highest BCUT2D eigenvalue weighted by atomic mass is 19.4. The molecule has 0 fully saturated rings. The standard InChI is InChI=1S/C37H28F6N2/c1-34(21-23-45(36(38,39)40)37(41,42)43)29-16-7-3-6-14-25(29)27-19-20-28-26-15-8-9-17-30(26)35(33(28)32(27)34,24-12-4-2-5-13-24)31-18-10-11-22-44-31/h2-5,7-20,22H,6,21,23H2,1H3. The normalized spacial score (nSPS) is 21.9. The van der Waals surface area contributed by atoms with Gasteiger partial charge in [-0.25, -0.2) is 0 Å². The van der Waals surface area contributed by atoms with Crippen LogP contribution in [0.25, 0.3) is 16.7 Å². The van der Waals surface area contributed by atoms with Gasteiger partial charge in [-0.3, -0.25) is 4.98 Å². The quantitative estimate of drug-likeness (QED) is 0.145. The maximum atomic E-state index is 13.8. The summed E-state index contributed by atoms with van der Waals surface area (Å²) in [6.07, 6.45) is -1.64. The lowest BCUT2D eigenvalue weighted by Gasteiger charge is -2.38. The minimum Gasteiger partial charge on any atom is -0.260 e. The summed E-state index contributed by atoms with van der Waals surface area (Å²) < 4.78 is 83.0. The number of hydrogen-bond acceptors (Lipinski definition) is 2. The third-order valence-corrected chi connectivity index (χ3v) is 9.49. The minimum absolute atomic E-state index is 0.421. The van der Waals surface area contributed by atoms with Gasteiger partial charge in [0.2, 0.25) is 0 Å². The molecule has 0 amide bonds. The lowest BCUT2D eigenvalue weighted by atomic mass is 9.64. The number of pyridine rings is 1. The van der Waals surface area contributed by atoms with Crippen LogP contribution in [0.4, 0.5) is 26.3 Å². The van der Waals surface area contributed by atoms with Crippen molar-refractivity contribution in [3.63, 3.8) is 0 Å². The first-order valence-electron chi connectivity index (χ1n) is 14.7. The number of aromatic nitrogens is 1. The number of alkyl halides is 6. The maximum Gasteiger partial charge on any atom is 0.467 e. The fraction of sp³-hybridized carbons (Fsp3) is 0.216. The molecule has 7 rings (SSSR count). The molecule has 4 aromatic rings. The zero-order chi connectivity index (χ0) is 31.6. The number of halogens is 6. The molecule has 0 N–H and O–H groups in total. The van der Waals surface area contributed by atoms with Crippen molar-refractivity contribution in [3.05, 3.63) is 155 Å². The van der Waals surface area contributed by atoms with E-state index in [1.54, 1.807) is 13.1 Å². The summed E-state index contributed by atoms with van der Waals surface area (Å²) in [4.78, 5) is 3.57. The molecule has 0 saturated heterocycles. The number of nitrogens with zero attached hydrogens (tertiary/aromatic N) is 2. The summed E-state index contributed by atoms with van der Waals surface area (Å²) in [5, 5.41) is 0. The van der Waals surface area contributed by atoms with Crippen LogP contribution >= 0.6 is 0 Å². The van der Waals surface area contributed by atoms with Gasteiger partial charge in [-0.1, -0.05) is 104 Å². The van der Waals surface area contributed by atoms with Crippen molar-refractivity contribution >= 4 is 5.57 Å². The SMILES string of the molecule is CC1(CCN(C(F)(F)F)C(F)(F)F)C2=CC=CCC=C2c2ccc3c(c21)C(c1ccccc1)(c1ccccn1)c1ccccc1-3. The summed E-state index contributed by atoms with van der Waals surface area (Å²) in [7, 11) is 0. The van der Waals surface area contributed by atoms with Gasteiger partial charge in [0.25, 0.3) is 0 Å². The molecule has 1 heterocycles. The molecule has 228 valence electrons. The lowest BCUT2D eigenvalue weighted by molar-refractivity contribution is -0.373. The van der Waals surface area contributed by atoms with Gasteiger partial charge in [0.15, 0.2) is 0 Å². The summed E-state index contributed by atoms with van der Waals surface area (Å²) >= 11 is 0. The molecule has 2 atom stereocenters. The fourth-order valence-electron chi connectivity index (χ4n) is 7.67. The Morgan fingerprint density at radius 1 is 0.756 bits per heavy atom. The third-order valence-electron chi connectivity index (χ3n) is 9.49. The van der Waals surface area contributed by atoms with Crippen LogP contribution in [0.3, 0.4) is 0 Å². The minimum atomic E-state index is -5.58. The number of fused-ring (bicyclic) bond motifs is 7. The number of benzene rings is 3. The Balaban J connectivity index is 1.58. The van der Waals surface area contributed by atoms with Crippen molar-refractivity contribution in [1.82, 2.24) is 9.88 Å². The molecule has 45 heavy (non-hydrogen) atoms. The van der Waals surface area contributed by atoms with E-state index >= 15 is 0 Å². The van der Waals surface area contributed by atoms with Crippen molar-refractivity contribution in [2.24, 2.45) is 0 Å². The molecule has 0 bridgehead atoms. The van der Waals surface area contributed by atoms with E-state index in [9.17, 15) is 26.3 Å².